The Morgan fingerprint density at radius 1 is 0.967 bits per heavy atom. The molecule has 1 spiro atoms. The minimum absolute atomic E-state index is 0.155. The maximum atomic E-state index is 15.3. The zero-order valence-electron chi connectivity index (χ0n) is 35.3. The monoisotopic (exact) mass is 824 g/mol. The molecule has 1 aromatic heterocycles. The van der Waals surface area contributed by atoms with Crippen molar-refractivity contribution in [3.05, 3.63) is 70.9 Å². The van der Waals surface area contributed by atoms with E-state index in [2.05, 4.69) is 20.9 Å². The van der Waals surface area contributed by atoms with Gasteiger partial charge in [-0.05, 0) is 74.2 Å². The molecule has 1 amide bonds. The molecule has 320 valence electrons. The zero-order valence-corrected chi connectivity index (χ0v) is 35.3. The van der Waals surface area contributed by atoms with Gasteiger partial charge in [-0.1, -0.05) is 44.2 Å². The van der Waals surface area contributed by atoms with Crippen molar-refractivity contribution in [1.29, 1.82) is 0 Å². The first-order chi connectivity index (χ1) is 28.8. The number of aliphatic hydroxyl groups is 2. The molecule has 2 bridgehead atoms. The van der Waals surface area contributed by atoms with Crippen molar-refractivity contribution < 1.29 is 48.3 Å². The fourth-order valence-electron chi connectivity index (χ4n) is 13.4. The van der Waals surface area contributed by atoms with Gasteiger partial charge in [0.15, 0.2) is 6.10 Å². The van der Waals surface area contributed by atoms with Gasteiger partial charge < -0.3 is 39.0 Å². The van der Waals surface area contributed by atoms with E-state index in [9.17, 15) is 24.6 Å². The van der Waals surface area contributed by atoms with Gasteiger partial charge in [-0.15, -0.1) is 0 Å². The van der Waals surface area contributed by atoms with Gasteiger partial charge >= 0.3 is 17.9 Å². The normalized spacial score (nSPS) is 36.5. The number of nitrogens with one attached hydrogen (secondary N) is 1. The number of anilines is 1. The summed E-state index contributed by atoms with van der Waals surface area (Å²) in [5, 5.41) is 26.3. The van der Waals surface area contributed by atoms with Gasteiger partial charge in [-0.2, -0.15) is 0 Å². The quantitative estimate of drug-likeness (QED) is 0.131. The first kappa shape index (κ1) is 40.6. The number of aromatic nitrogens is 1. The molecule has 6 aliphatic rings. The van der Waals surface area contributed by atoms with Gasteiger partial charge in [0.2, 0.25) is 12.0 Å². The van der Waals surface area contributed by atoms with Crippen molar-refractivity contribution in [3.8, 4) is 5.75 Å². The third-order valence-corrected chi connectivity index (χ3v) is 15.5. The van der Waals surface area contributed by atoms with Crippen LogP contribution in [0, 0.1) is 11.3 Å². The molecule has 14 heteroatoms. The number of methoxy groups -OCH3 is 3. The highest BCUT2D eigenvalue weighted by atomic mass is 16.6. The van der Waals surface area contributed by atoms with Gasteiger partial charge in [-0.3, -0.25) is 24.2 Å². The number of amides is 1. The first-order valence-electron chi connectivity index (χ1n) is 21.3. The van der Waals surface area contributed by atoms with Crippen LogP contribution in [0.2, 0.25) is 0 Å². The average Bonchev–Trinajstić information content (AvgIpc) is 3.92. The number of rotatable bonds is 8. The molecule has 1 saturated carbocycles. The molecular formula is C46H56N4O10. The molecular weight excluding hydrogens is 769 g/mol. The molecule has 2 aromatic carbocycles. The molecule has 3 fully saturated rings. The van der Waals surface area contributed by atoms with Crippen LogP contribution in [0.15, 0.2) is 48.6 Å². The van der Waals surface area contributed by atoms with Crippen molar-refractivity contribution in [3.63, 3.8) is 0 Å². The second kappa shape index (κ2) is 14.1. The minimum Gasteiger partial charge on any atom is -0.496 e. The van der Waals surface area contributed by atoms with E-state index < -0.39 is 63.5 Å². The highest BCUT2D eigenvalue weighted by molar-refractivity contribution is 5.96. The van der Waals surface area contributed by atoms with Crippen LogP contribution < -0.4 is 9.64 Å². The summed E-state index contributed by atoms with van der Waals surface area (Å²) >= 11 is 0. The van der Waals surface area contributed by atoms with Crippen LogP contribution in [0.1, 0.15) is 75.3 Å². The summed E-state index contributed by atoms with van der Waals surface area (Å²) < 4.78 is 23.7. The number of carbonyl (C=O) groups is 4. The SMILES string of the molecule is CC[C@@]1(O)C[C@H]2CN(CCc3c([nH]c4ccccc34)[C@](C(=O)OC)(c3cc4c(cc3OC)N(C=O)[C@H]3[C@](O)(C(=O)OC)[C@H](OC(C)=O)[C@]5(CC)C=CCN6CC[C@]43[C@H]65)C2)C1. The Kier molecular flexibility index (Phi) is 9.58. The fraction of sp³-hybridized carbons (Fsp3) is 0.565. The number of fused-ring (bicyclic) bond motifs is 6. The highest BCUT2D eigenvalue weighted by Crippen LogP contribution is 2.68. The van der Waals surface area contributed by atoms with E-state index in [4.69, 9.17) is 18.9 Å². The number of ether oxygens (including phenoxy) is 4. The van der Waals surface area contributed by atoms with Gasteiger partial charge in [0.05, 0.1) is 38.7 Å². The predicted molar refractivity (Wildman–Crippen MR) is 221 cm³/mol. The third kappa shape index (κ3) is 5.19. The summed E-state index contributed by atoms with van der Waals surface area (Å²) in [5.74, 6) is -2.06. The van der Waals surface area contributed by atoms with Crippen molar-refractivity contribution in [2.24, 2.45) is 11.3 Å². The largest absolute Gasteiger partial charge is 0.496 e. The Bertz CT molecular complexity index is 2310. The second-order valence-corrected chi connectivity index (χ2v) is 18.1. The lowest BCUT2D eigenvalue weighted by atomic mass is 9.47. The van der Waals surface area contributed by atoms with Crippen LogP contribution >= 0.6 is 0 Å². The molecule has 6 heterocycles. The summed E-state index contributed by atoms with van der Waals surface area (Å²) in [6.07, 6.45) is 5.83. The third-order valence-electron chi connectivity index (χ3n) is 15.5. The summed E-state index contributed by atoms with van der Waals surface area (Å²) in [4.78, 5) is 66.1. The Balaban J connectivity index is 1.38. The maximum absolute atomic E-state index is 15.3. The van der Waals surface area contributed by atoms with E-state index in [0.717, 1.165) is 16.5 Å². The second-order valence-electron chi connectivity index (χ2n) is 18.1. The zero-order chi connectivity index (χ0) is 42.6. The minimum atomic E-state index is -2.53. The predicted octanol–water partition coefficient (Wildman–Crippen LogP) is 3.52. The number of para-hydroxylation sites is 1. The molecule has 9 rings (SSSR count). The molecule has 1 unspecified atom stereocenters. The number of nitrogens with zero attached hydrogens (tertiary/aromatic N) is 3. The van der Waals surface area contributed by atoms with Crippen molar-refractivity contribution >= 4 is 40.9 Å². The van der Waals surface area contributed by atoms with Gasteiger partial charge in [0.25, 0.3) is 0 Å². The molecule has 14 nitrogen and oxygen atoms in total. The lowest BCUT2D eigenvalue weighted by Gasteiger charge is -2.63. The number of H-pyrrole nitrogens is 1. The van der Waals surface area contributed by atoms with Crippen LogP contribution in [-0.4, -0.2) is 133 Å². The topological polar surface area (TPSA) is 171 Å². The lowest BCUT2D eigenvalue weighted by Crippen LogP contribution is -2.81. The standard InChI is InChI=1S/C46H56N4O10/c1-7-42(55)22-28-23-45(40(53)58-5,36-30(14-18-48(24-28)25-42)29-12-9-10-13-33(29)47-36)32-20-31-34(21-35(32)57-4)50(26-51)38-44(31)16-19-49-17-11-15-43(8-2,37(44)49)39(60-27(3)52)46(38,56)41(54)59-6/h9-13,15,20-21,26,28,37-39,47,55-56H,7-8,14,16-19,22-25H2,1-6H3/t28-,37-,38-,39-,42-,43-,44-,45-,46-/m1/s1. The van der Waals surface area contributed by atoms with Crippen LogP contribution in [-0.2, 0) is 50.6 Å². The molecule has 1 aliphatic carbocycles. The van der Waals surface area contributed by atoms with Crippen LogP contribution in [0.25, 0.3) is 10.9 Å². The van der Waals surface area contributed by atoms with E-state index in [1.54, 1.807) is 6.07 Å². The van der Waals surface area contributed by atoms with Gasteiger partial charge in [0.1, 0.15) is 11.2 Å². The number of hydrogen-bond acceptors (Lipinski definition) is 12. The Hall–Kier alpha value is -4.76. The Morgan fingerprint density at radius 2 is 1.73 bits per heavy atom. The van der Waals surface area contributed by atoms with Crippen LogP contribution in [0.5, 0.6) is 5.75 Å². The van der Waals surface area contributed by atoms with Crippen molar-refractivity contribution in [1.82, 2.24) is 14.8 Å². The summed E-state index contributed by atoms with van der Waals surface area (Å²) in [5.41, 5.74) is -3.15. The fourth-order valence-corrected chi connectivity index (χ4v) is 13.4. The summed E-state index contributed by atoms with van der Waals surface area (Å²) in [7, 11) is 4.09. The van der Waals surface area contributed by atoms with E-state index in [-0.39, 0.29) is 12.3 Å². The van der Waals surface area contributed by atoms with E-state index >= 15 is 4.79 Å². The number of esters is 3. The maximum Gasteiger partial charge on any atom is 0.344 e. The number of hydrogen-bond donors (Lipinski definition) is 3. The van der Waals surface area contributed by atoms with Crippen LogP contribution in [0.3, 0.4) is 0 Å². The lowest BCUT2D eigenvalue weighted by molar-refractivity contribution is -0.228. The van der Waals surface area contributed by atoms with Crippen molar-refractivity contribution in [2.75, 3.05) is 59.0 Å². The molecule has 2 saturated heterocycles. The molecule has 60 heavy (non-hydrogen) atoms. The number of benzene rings is 2. The highest BCUT2D eigenvalue weighted by Gasteiger charge is 2.81. The average molecular weight is 825 g/mol. The number of aromatic amines is 1. The van der Waals surface area contributed by atoms with E-state index in [1.165, 1.54) is 33.2 Å². The molecule has 3 aromatic rings. The summed E-state index contributed by atoms with van der Waals surface area (Å²) in [6, 6.07) is 9.97. The Morgan fingerprint density at radius 3 is 2.42 bits per heavy atom. The molecule has 5 aliphatic heterocycles. The first-order valence-corrected chi connectivity index (χ1v) is 21.3. The van der Waals surface area contributed by atoms with Crippen molar-refractivity contribution in [2.45, 2.75) is 99.5 Å². The molecule has 0 radical (unpaired) electrons. The Labute approximate surface area is 349 Å². The smallest absolute Gasteiger partial charge is 0.344 e. The van der Waals surface area contributed by atoms with Gasteiger partial charge in [-0.25, -0.2) is 4.79 Å². The van der Waals surface area contributed by atoms with Crippen LogP contribution in [0.4, 0.5) is 5.69 Å². The molecule has 3 N–H and O–H groups in total. The van der Waals surface area contributed by atoms with Gasteiger partial charge in [0, 0.05) is 78.2 Å². The molecule has 10 atom stereocenters. The van der Waals surface area contributed by atoms with E-state index in [1.807, 2.05) is 50.3 Å². The summed E-state index contributed by atoms with van der Waals surface area (Å²) in [6.45, 7) is 8.16. The van der Waals surface area contributed by atoms with E-state index in [0.29, 0.717) is 99.5 Å². The number of piperidine rings is 1. The number of carbonyl (C=O) groups excluding carboxylic acids is 4.